The second-order valence-corrected chi connectivity index (χ2v) is 6.88. The molecule has 0 saturated heterocycles. The molecule has 112 valence electrons. The van der Waals surface area contributed by atoms with Crippen LogP contribution in [-0.2, 0) is 0 Å². The van der Waals surface area contributed by atoms with E-state index in [1.807, 2.05) is 24.4 Å². The van der Waals surface area contributed by atoms with Crippen LogP contribution in [0.4, 0.5) is 4.39 Å². The lowest BCUT2D eigenvalue weighted by atomic mass is 10.2. The molecule has 0 fully saturated rings. The Balaban J connectivity index is 1.86. The molecule has 0 bridgehead atoms. The van der Waals surface area contributed by atoms with Crippen LogP contribution in [0.1, 0.15) is 21.5 Å². The summed E-state index contributed by atoms with van der Waals surface area (Å²) in [7, 11) is 0. The number of fused-ring (bicyclic) bond motifs is 1. The molecule has 7 heteroatoms. The lowest BCUT2D eigenvalue weighted by Crippen LogP contribution is -2.18. The number of amides is 1. The maximum Gasteiger partial charge on any atom is 0.283 e. The maximum atomic E-state index is 13.2. The Morgan fingerprint density at radius 1 is 1.36 bits per heavy atom. The van der Waals surface area contributed by atoms with Gasteiger partial charge in [-0.3, -0.25) is 4.79 Å². The zero-order valence-electron chi connectivity index (χ0n) is 11.4. The average molecular weight is 353 g/mol. The molecule has 3 rings (SSSR count). The minimum atomic E-state index is -0.400. The number of carbonyl (C=O) groups excluding carboxylic acids is 1. The molecule has 2 heterocycles. The fourth-order valence-electron chi connectivity index (χ4n) is 1.91. The van der Waals surface area contributed by atoms with E-state index in [0.29, 0.717) is 25.7 Å². The highest BCUT2D eigenvalue weighted by Crippen LogP contribution is 2.35. The van der Waals surface area contributed by atoms with Crippen molar-refractivity contribution < 1.29 is 9.18 Å². The van der Waals surface area contributed by atoms with E-state index >= 15 is 0 Å². The summed E-state index contributed by atoms with van der Waals surface area (Å²) in [4.78, 5) is 13.5. The first-order chi connectivity index (χ1) is 10.6. The van der Waals surface area contributed by atoms with Gasteiger partial charge in [-0.15, -0.1) is 22.7 Å². The number of rotatable bonds is 3. The van der Waals surface area contributed by atoms with E-state index in [1.165, 1.54) is 23.5 Å². The molecule has 0 aliphatic carbocycles. The number of nitrogens with zero attached hydrogens (tertiary/aromatic N) is 1. The van der Waals surface area contributed by atoms with Gasteiger partial charge in [-0.25, -0.2) is 9.82 Å². The monoisotopic (exact) mass is 352 g/mol. The van der Waals surface area contributed by atoms with Crippen LogP contribution in [0, 0.1) is 5.82 Å². The van der Waals surface area contributed by atoms with Crippen molar-refractivity contribution in [2.75, 3.05) is 0 Å². The van der Waals surface area contributed by atoms with Crippen molar-refractivity contribution in [2.45, 2.75) is 6.92 Å². The third-order valence-electron chi connectivity index (χ3n) is 3.00. The molecule has 0 saturated carbocycles. The van der Waals surface area contributed by atoms with E-state index < -0.39 is 5.91 Å². The minimum absolute atomic E-state index is 0.321. The van der Waals surface area contributed by atoms with E-state index in [1.54, 1.807) is 6.07 Å². The molecule has 0 radical (unpaired) electrons. The summed E-state index contributed by atoms with van der Waals surface area (Å²) in [6, 6.07) is 8.09. The van der Waals surface area contributed by atoms with Gasteiger partial charge >= 0.3 is 0 Å². The molecule has 0 aliphatic heterocycles. The van der Waals surface area contributed by atoms with Crippen molar-refractivity contribution in [3.8, 4) is 0 Å². The number of hydrogen-bond donors (Lipinski definition) is 1. The van der Waals surface area contributed by atoms with E-state index in [9.17, 15) is 9.18 Å². The first kappa shape index (κ1) is 15.1. The van der Waals surface area contributed by atoms with Crippen LogP contribution in [0.5, 0.6) is 0 Å². The number of benzene rings is 1. The lowest BCUT2D eigenvalue weighted by Gasteiger charge is -1.99. The topological polar surface area (TPSA) is 41.5 Å². The Kier molecular flexibility index (Phi) is 4.24. The number of halogens is 2. The molecule has 0 atom stereocenters. The summed E-state index contributed by atoms with van der Waals surface area (Å²) in [5.74, 6) is -0.758. The van der Waals surface area contributed by atoms with Gasteiger partial charge in [0.2, 0.25) is 0 Å². The highest BCUT2D eigenvalue weighted by molar-refractivity contribution is 7.21. The second-order valence-electron chi connectivity index (χ2n) is 4.50. The van der Waals surface area contributed by atoms with Gasteiger partial charge in [0, 0.05) is 15.0 Å². The first-order valence-corrected chi connectivity index (χ1v) is 8.39. The highest BCUT2D eigenvalue weighted by Gasteiger charge is 2.17. The standard InChI is InChI=1S/C15H10ClFN2OS2/c1-8(11-3-2-6-21-11)18-19-15(20)14-13(16)10-5-4-9(17)7-12(10)22-14/h2-7H,1H3,(H,19,20). The molecule has 0 spiro atoms. The molecule has 3 aromatic rings. The quantitative estimate of drug-likeness (QED) is 0.528. The summed E-state index contributed by atoms with van der Waals surface area (Å²) in [6.45, 7) is 1.81. The first-order valence-electron chi connectivity index (χ1n) is 6.32. The smallest absolute Gasteiger partial charge is 0.266 e. The van der Waals surface area contributed by atoms with Crippen molar-refractivity contribution >= 4 is 56.0 Å². The Bertz CT molecular complexity index is 871. The predicted octanol–water partition coefficient (Wildman–Crippen LogP) is 4.91. The van der Waals surface area contributed by atoms with Gasteiger partial charge in [-0.05, 0) is 36.6 Å². The Morgan fingerprint density at radius 2 is 2.18 bits per heavy atom. The molecular formula is C15H10ClFN2OS2. The molecule has 3 nitrogen and oxygen atoms in total. The zero-order chi connectivity index (χ0) is 15.7. The van der Waals surface area contributed by atoms with Gasteiger partial charge in [-0.2, -0.15) is 5.10 Å². The van der Waals surface area contributed by atoms with Crippen LogP contribution in [-0.4, -0.2) is 11.6 Å². The minimum Gasteiger partial charge on any atom is -0.266 e. The Hall–Kier alpha value is -1.76. The van der Waals surface area contributed by atoms with E-state index in [2.05, 4.69) is 10.5 Å². The predicted molar refractivity (Wildman–Crippen MR) is 90.8 cm³/mol. The van der Waals surface area contributed by atoms with Gasteiger partial charge < -0.3 is 0 Å². The van der Waals surface area contributed by atoms with Gasteiger partial charge in [0.25, 0.3) is 5.91 Å². The van der Waals surface area contributed by atoms with Crippen molar-refractivity contribution in [2.24, 2.45) is 5.10 Å². The second kappa shape index (κ2) is 6.16. The van der Waals surface area contributed by atoms with Gasteiger partial charge in [0.1, 0.15) is 10.7 Å². The maximum absolute atomic E-state index is 13.2. The van der Waals surface area contributed by atoms with Crippen LogP contribution in [0.2, 0.25) is 5.02 Å². The third-order valence-corrected chi connectivity index (χ3v) is 5.64. The summed E-state index contributed by atoms with van der Waals surface area (Å²) < 4.78 is 13.9. The van der Waals surface area contributed by atoms with Gasteiger partial charge in [-0.1, -0.05) is 17.7 Å². The fraction of sp³-hybridized carbons (Fsp3) is 0.0667. The highest BCUT2D eigenvalue weighted by atomic mass is 35.5. The SMILES string of the molecule is CC(=NNC(=O)c1sc2cc(F)ccc2c1Cl)c1cccs1. The lowest BCUT2D eigenvalue weighted by molar-refractivity contribution is 0.0959. The van der Waals surface area contributed by atoms with E-state index in [0.717, 1.165) is 16.2 Å². The van der Waals surface area contributed by atoms with Crippen LogP contribution in [0.3, 0.4) is 0 Å². The number of carbonyl (C=O) groups is 1. The zero-order valence-corrected chi connectivity index (χ0v) is 13.8. The number of nitrogens with one attached hydrogen (secondary N) is 1. The van der Waals surface area contributed by atoms with Crippen molar-refractivity contribution in [3.05, 3.63) is 56.3 Å². The molecule has 0 unspecified atom stereocenters. The normalized spacial score (nSPS) is 11.9. The largest absolute Gasteiger partial charge is 0.283 e. The molecule has 2 aromatic heterocycles. The van der Waals surface area contributed by atoms with Crippen molar-refractivity contribution in [1.29, 1.82) is 0 Å². The van der Waals surface area contributed by atoms with E-state index in [4.69, 9.17) is 11.6 Å². The van der Waals surface area contributed by atoms with E-state index in [-0.39, 0.29) is 5.82 Å². The van der Waals surface area contributed by atoms with Gasteiger partial charge in [0.05, 0.1) is 10.7 Å². The summed E-state index contributed by atoms with van der Waals surface area (Å²) >= 11 is 8.88. The molecule has 1 amide bonds. The average Bonchev–Trinajstić information content (AvgIpc) is 3.13. The van der Waals surface area contributed by atoms with Crippen molar-refractivity contribution in [3.63, 3.8) is 0 Å². The molecule has 1 N–H and O–H groups in total. The fourth-order valence-corrected chi connectivity index (χ4v) is 4.02. The Morgan fingerprint density at radius 3 is 2.91 bits per heavy atom. The number of hydrogen-bond acceptors (Lipinski definition) is 4. The summed E-state index contributed by atoms with van der Waals surface area (Å²) in [5.41, 5.74) is 3.21. The number of thiophene rings is 2. The molecule has 22 heavy (non-hydrogen) atoms. The number of hydrazone groups is 1. The molecule has 0 aliphatic rings. The van der Waals surface area contributed by atoms with Crippen LogP contribution in [0.15, 0.2) is 40.8 Å². The van der Waals surface area contributed by atoms with Crippen LogP contribution >= 0.6 is 34.3 Å². The summed E-state index contributed by atoms with van der Waals surface area (Å²) in [6.07, 6.45) is 0. The third kappa shape index (κ3) is 2.90. The van der Waals surface area contributed by atoms with Crippen LogP contribution < -0.4 is 5.43 Å². The molecule has 1 aromatic carbocycles. The van der Waals surface area contributed by atoms with Gasteiger partial charge in [0.15, 0.2) is 0 Å². The Labute approximate surface area is 139 Å². The van der Waals surface area contributed by atoms with Crippen LogP contribution in [0.25, 0.3) is 10.1 Å². The summed E-state index contributed by atoms with van der Waals surface area (Å²) in [5, 5.41) is 7.00. The van der Waals surface area contributed by atoms with Crippen molar-refractivity contribution in [1.82, 2.24) is 5.43 Å². The molecular weight excluding hydrogens is 343 g/mol.